The Hall–Kier alpha value is -3.03. The van der Waals surface area contributed by atoms with E-state index in [4.69, 9.17) is 25.8 Å². The molecule has 0 bridgehead atoms. The zero-order valence-electron chi connectivity index (χ0n) is 16.2. The molecule has 0 aliphatic carbocycles. The molecule has 6 nitrogen and oxygen atoms in total. The first kappa shape index (κ1) is 21.7. The predicted molar refractivity (Wildman–Crippen MR) is 115 cm³/mol. The molecule has 1 aromatic heterocycles. The summed E-state index contributed by atoms with van der Waals surface area (Å²) in [4.78, 5) is 25.2. The summed E-state index contributed by atoms with van der Waals surface area (Å²) in [7, 11) is 1.48. The average molecular weight is 446 g/mol. The molecule has 0 aliphatic heterocycles. The lowest BCUT2D eigenvalue weighted by Crippen LogP contribution is -2.28. The molecule has 0 aliphatic rings. The molecule has 30 heavy (non-hydrogen) atoms. The highest BCUT2D eigenvalue weighted by Gasteiger charge is 2.14. The van der Waals surface area contributed by atoms with E-state index in [1.54, 1.807) is 18.2 Å². The highest BCUT2D eigenvalue weighted by Crippen LogP contribution is 2.30. The van der Waals surface area contributed by atoms with Crippen LogP contribution in [0.4, 0.5) is 0 Å². The molecule has 156 valence electrons. The van der Waals surface area contributed by atoms with E-state index in [9.17, 15) is 9.59 Å². The van der Waals surface area contributed by atoms with E-state index in [1.165, 1.54) is 24.5 Å². The van der Waals surface area contributed by atoms with Crippen molar-refractivity contribution in [1.29, 1.82) is 0 Å². The quantitative estimate of drug-likeness (QED) is 0.492. The van der Waals surface area contributed by atoms with Crippen molar-refractivity contribution in [1.82, 2.24) is 5.32 Å². The number of hydrogen-bond donors (Lipinski definition) is 1. The van der Waals surface area contributed by atoms with E-state index < -0.39 is 5.97 Å². The number of hydrogen-bond acceptors (Lipinski definition) is 6. The van der Waals surface area contributed by atoms with Crippen LogP contribution in [0.5, 0.6) is 11.5 Å². The Labute approximate surface area is 183 Å². The second-order valence-corrected chi connectivity index (χ2v) is 7.62. The van der Waals surface area contributed by atoms with Crippen molar-refractivity contribution in [2.75, 3.05) is 13.7 Å². The molecule has 0 radical (unpaired) electrons. The molecule has 1 heterocycles. The summed E-state index contributed by atoms with van der Waals surface area (Å²) in [5.41, 5.74) is 1.08. The van der Waals surface area contributed by atoms with Gasteiger partial charge in [-0.15, -0.1) is 11.3 Å². The summed E-state index contributed by atoms with van der Waals surface area (Å²) in [5, 5.41) is 5.23. The number of thiophene rings is 1. The number of methoxy groups -OCH3 is 1. The SMILES string of the molecule is COc1cc(C(=O)OCC(=O)NCc2cccs2)ccc1OCc1ccccc1Cl. The molecular formula is C22H20ClNO5S. The van der Waals surface area contributed by atoms with Gasteiger partial charge in [-0.3, -0.25) is 4.79 Å². The monoisotopic (exact) mass is 445 g/mol. The molecule has 3 rings (SSSR count). The molecule has 0 saturated carbocycles. The van der Waals surface area contributed by atoms with E-state index in [0.717, 1.165) is 10.4 Å². The second kappa shape index (κ2) is 10.7. The molecule has 2 aromatic carbocycles. The zero-order chi connectivity index (χ0) is 21.3. The molecule has 3 aromatic rings. The lowest BCUT2D eigenvalue weighted by molar-refractivity contribution is -0.124. The van der Waals surface area contributed by atoms with Crippen LogP contribution in [-0.4, -0.2) is 25.6 Å². The smallest absolute Gasteiger partial charge is 0.338 e. The van der Waals surface area contributed by atoms with Crippen LogP contribution in [0.3, 0.4) is 0 Å². The first-order valence-electron chi connectivity index (χ1n) is 9.07. The fourth-order valence-electron chi connectivity index (χ4n) is 2.55. The number of carbonyl (C=O) groups is 2. The van der Waals surface area contributed by atoms with Gasteiger partial charge in [-0.25, -0.2) is 4.79 Å². The molecule has 0 atom stereocenters. The summed E-state index contributed by atoms with van der Waals surface area (Å²) in [6, 6.07) is 15.9. The molecular weight excluding hydrogens is 426 g/mol. The van der Waals surface area contributed by atoms with Gasteiger partial charge < -0.3 is 19.5 Å². The number of ether oxygens (including phenoxy) is 3. The van der Waals surface area contributed by atoms with E-state index in [0.29, 0.717) is 23.1 Å². The molecule has 1 amide bonds. The molecule has 1 N–H and O–H groups in total. The molecule has 8 heteroatoms. The van der Waals surface area contributed by atoms with Gasteiger partial charge in [-0.2, -0.15) is 0 Å². The van der Waals surface area contributed by atoms with Crippen LogP contribution >= 0.6 is 22.9 Å². The van der Waals surface area contributed by atoms with Crippen molar-refractivity contribution in [3.05, 3.63) is 81.0 Å². The van der Waals surface area contributed by atoms with Crippen molar-refractivity contribution in [2.24, 2.45) is 0 Å². The number of nitrogens with one attached hydrogen (secondary N) is 1. The highest BCUT2D eigenvalue weighted by molar-refractivity contribution is 7.09. The molecule has 0 fully saturated rings. The van der Waals surface area contributed by atoms with E-state index >= 15 is 0 Å². The number of rotatable bonds is 9. The Kier molecular flexibility index (Phi) is 7.70. The Bertz CT molecular complexity index is 1010. The third-order valence-corrected chi connectivity index (χ3v) is 5.36. The van der Waals surface area contributed by atoms with E-state index in [-0.39, 0.29) is 24.7 Å². The second-order valence-electron chi connectivity index (χ2n) is 6.18. The van der Waals surface area contributed by atoms with Crippen LogP contribution in [0.2, 0.25) is 5.02 Å². The van der Waals surface area contributed by atoms with Gasteiger partial charge >= 0.3 is 5.97 Å². The van der Waals surface area contributed by atoms with E-state index in [1.807, 2.05) is 35.7 Å². The van der Waals surface area contributed by atoms with Crippen LogP contribution in [0.1, 0.15) is 20.8 Å². The van der Waals surface area contributed by atoms with Crippen LogP contribution in [0.15, 0.2) is 60.0 Å². The van der Waals surface area contributed by atoms with Crippen LogP contribution in [0, 0.1) is 0 Å². The van der Waals surface area contributed by atoms with Gasteiger partial charge in [0.2, 0.25) is 0 Å². The minimum Gasteiger partial charge on any atom is -0.493 e. The van der Waals surface area contributed by atoms with Crippen LogP contribution in [-0.2, 0) is 22.7 Å². The van der Waals surface area contributed by atoms with Crippen molar-refractivity contribution >= 4 is 34.8 Å². The number of esters is 1. The first-order chi connectivity index (χ1) is 14.6. The Morgan fingerprint density at radius 3 is 2.63 bits per heavy atom. The average Bonchev–Trinajstić information content (AvgIpc) is 3.29. The largest absolute Gasteiger partial charge is 0.493 e. The Morgan fingerprint density at radius 2 is 1.90 bits per heavy atom. The lowest BCUT2D eigenvalue weighted by Gasteiger charge is -2.13. The number of halogens is 1. The molecule has 0 spiro atoms. The maximum atomic E-state index is 12.3. The normalized spacial score (nSPS) is 10.3. The maximum Gasteiger partial charge on any atom is 0.338 e. The number of carbonyl (C=O) groups excluding carboxylic acids is 2. The standard InChI is InChI=1S/C22H20ClNO5S/c1-27-20-11-15(8-9-19(20)28-13-16-5-2-3-7-18(16)23)22(26)29-14-21(25)24-12-17-6-4-10-30-17/h2-11H,12-14H2,1H3,(H,24,25). The summed E-state index contributed by atoms with van der Waals surface area (Å²) < 4.78 is 16.2. The third kappa shape index (κ3) is 5.98. The lowest BCUT2D eigenvalue weighted by atomic mass is 10.2. The van der Waals surface area contributed by atoms with Crippen molar-refractivity contribution < 1.29 is 23.8 Å². The number of amides is 1. The zero-order valence-corrected chi connectivity index (χ0v) is 17.8. The Morgan fingerprint density at radius 1 is 1.07 bits per heavy atom. The fourth-order valence-corrected chi connectivity index (χ4v) is 3.38. The summed E-state index contributed by atoms with van der Waals surface area (Å²) in [6.45, 7) is 0.293. The predicted octanol–water partition coefficient (Wildman–Crippen LogP) is 4.46. The molecule has 0 saturated heterocycles. The van der Waals surface area contributed by atoms with Crippen molar-refractivity contribution in [3.8, 4) is 11.5 Å². The van der Waals surface area contributed by atoms with Gasteiger partial charge in [0, 0.05) is 15.5 Å². The van der Waals surface area contributed by atoms with Gasteiger partial charge in [0.1, 0.15) is 6.61 Å². The summed E-state index contributed by atoms with van der Waals surface area (Å²) in [6.07, 6.45) is 0. The van der Waals surface area contributed by atoms with Crippen LogP contribution < -0.4 is 14.8 Å². The highest BCUT2D eigenvalue weighted by atomic mass is 35.5. The van der Waals surface area contributed by atoms with Gasteiger partial charge in [0.05, 0.1) is 19.2 Å². The number of benzene rings is 2. The minimum atomic E-state index is -0.628. The van der Waals surface area contributed by atoms with Gasteiger partial charge in [-0.05, 0) is 35.7 Å². The van der Waals surface area contributed by atoms with Crippen LogP contribution in [0.25, 0.3) is 0 Å². The summed E-state index contributed by atoms with van der Waals surface area (Å²) in [5.74, 6) is -0.165. The molecule has 0 unspecified atom stereocenters. The van der Waals surface area contributed by atoms with Gasteiger partial charge in [-0.1, -0.05) is 35.9 Å². The first-order valence-corrected chi connectivity index (χ1v) is 10.3. The van der Waals surface area contributed by atoms with E-state index in [2.05, 4.69) is 5.32 Å². The third-order valence-electron chi connectivity index (χ3n) is 4.11. The minimum absolute atomic E-state index is 0.253. The van der Waals surface area contributed by atoms with Crippen molar-refractivity contribution in [3.63, 3.8) is 0 Å². The maximum absolute atomic E-state index is 12.3. The van der Waals surface area contributed by atoms with Gasteiger partial charge in [0.15, 0.2) is 18.1 Å². The van der Waals surface area contributed by atoms with Gasteiger partial charge in [0.25, 0.3) is 5.91 Å². The summed E-state index contributed by atoms with van der Waals surface area (Å²) >= 11 is 7.68. The fraction of sp³-hybridized carbons (Fsp3) is 0.182. The topological polar surface area (TPSA) is 73.9 Å². The Balaban J connectivity index is 1.54. The van der Waals surface area contributed by atoms with Crippen molar-refractivity contribution in [2.45, 2.75) is 13.2 Å².